The van der Waals surface area contributed by atoms with Crippen LogP contribution in [0.15, 0.2) is 12.3 Å². The zero-order valence-electron chi connectivity index (χ0n) is 12.6. The maximum atomic E-state index is 11.9. The van der Waals surface area contributed by atoms with E-state index in [1.165, 1.54) is 6.20 Å². The van der Waals surface area contributed by atoms with Gasteiger partial charge in [0.1, 0.15) is 10.7 Å². The second kappa shape index (κ2) is 8.10. The molecule has 1 aromatic rings. The van der Waals surface area contributed by atoms with Gasteiger partial charge in [0, 0.05) is 12.2 Å². The first kappa shape index (κ1) is 16.8. The average molecular weight is 299 g/mol. The number of carbonyl (C=O) groups excluding carboxylic acids is 1. The van der Waals surface area contributed by atoms with E-state index in [1.54, 1.807) is 13.0 Å². The van der Waals surface area contributed by atoms with Crippen LogP contribution in [0.25, 0.3) is 0 Å². The van der Waals surface area contributed by atoms with E-state index in [-0.39, 0.29) is 12.0 Å². The highest BCUT2D eigenvalue weighted by Crippen LogP contribution is 2.24. The molecule has 4 nitrogen and oxygen atoms in total. The minimum atomic E-state index is -0.377. The molecule has 0 fully saturated rings. The first-order valence-electron chi connectivity index (χ1n) is 7.12. The molecule has 0 aliphatic carbocycles. The molecule has 20 heavy (non-hydrogen) atoms. The average Bonchev–Trinajstić information content (AvgIpc) is 2.44. The van der Waals surface area contributed by atoms with Crippen LogP contribution in [0.2, 0.25) is 5.15 Å². The summed E-state index contributed by atoms with van der Waals surface area (Å²) in [6.45, 7) is 8.58. The zero-order chi connectivity index (χ0) is 15.1. The number of nitrogens with one attached hydrogen (secondary N) is 1. The minimum Gasteiger partial charge on any atom is -0.462 e. The molecule has 0 saturated carbocycles. The van der Waals surface area contributed by atoms with E-state index in [4.69, 9.17) is 16.3 Å². The van der Waals surface area contributed by atoms with Gasteiger partial charge < -0.3 is 10.1 Å². The van der Waals surface area contributed by atoms with Crippen molar-refractivity contribution in [3.8, 4) is 0 Å². The summed E-state index contributed by atoms with van der Waals surface area (Å²) in [6, 6.07) is 1.96. The molecule has 0 saturated heterocycles. The molecule has 0 spiro atoms. The monoisotopic (exact) mass is 298 g/mol. The van der Waals surface area contributed by atoms with Crippen molar-refractivity contribution in [1.29, 1.82) is 0 Å². The van der Waals surface area contributed by atoms with Gasteiger partial charge in [-0.3, -0.25) is 0 Å². The Morgan fingerprint density at radius 1 is 1.40 bits per heavy atom. The number of rotatable bonds is 7. The Hall–Kier alpha value is -1.29. The Morgan fingerprint density at radius 2 is 2.10 bits per heavy atom. The van der Waals surface area contributed by atoms with E-state index in [2.05, 4.69) is 31.1 Å². The first-order valence-corrected chi connectivity index (χ1v) is 7.50. The fraction of sp³-hybridized carbons (Fsp3) is 0.600. The zero-order valence-corrected chi connectivity index (χ0v) is 13.3. The van der Waals surface area contributed by atoms with Crippen molar-refractivity contribution in [3.05, 3.63) is 23.0 Å². The van der Waals surface area contributed by atoms with Gasteiger partial charge in [-0.1, -0.05) is 38.8 Å². The number of anilines is 1. The third kappa shape index (κ3) is 4.37. The number of ether oxygens (including phenoxy) is 1. The molecule has 0 amide bonds. The van der Waals surface area contributed by atoms with Crippen molar-refractivity contribution in [2.24, 2.45) is 5.92 Å². The van der Waals surface area contributed by atoms with Crippen molar-refractivity contribution in [2.75, 3.05) is 11.9 Å². The van der Waals surface area contributed by atoms with E-state index in [1.807, 2.05) is 0 Å². The van der Waals surface area contributed by atoms with Crippen LogP contribution >= 0.6 is 11.6 Å². The van der Waals surface area contributed by atoms with Gasteiger partial charge in [0.05, 0.1) is 12.3 Å². The van der Waals surface area contributed by atoms with Crippen LogP contribution in [0.3, 0.4) is 0 Å². The van der Waals surface area contributed by atoms with Crippen molar-refractivity contribution in [3.63, 3.8) is 0 Å². The first-order chi connectivity index (χ1) is 9.53. The fourth-order valence-electron chi connectivity index (χ4n) is 2.05. The Balaban J connectivity index is 3.02. The predicted octanol–water partition coefficient (Wildman–Crippen LogP) is 4.15. The second-order valence-electron chi connectivity index (χ2n) is 4.82. The van der Waals surface area contributed by atoms with E-state index in [9.17, 15) is 4.79 Å². The van der Waals surface area contributed by atoms with Crippen LogP contribution in [0.4, 0.5) is 5.69 Å². The standard InChI is InChI=1S/C15H23ClN2O2/c1-5-10(4)12(6-2)18-13-8-14(16)17-9-11(13)15(19)20-7-3/h8-10,12H,5-7H2,1-4H3,(H,17,18). The molecule has 1 aromatic heterocycles. The summed E-state index contributed by atoms with van der Waals surface area (Å²) < 4.78 is 5.05. The number of halogens is 1. The van der Waals surface area contributed by atoms with Gasteiger partial charge >= 0.3 is 5.97 Å². The van der Waals surface area contributed by atoms with Gasteiger partial charge in [-0.25, -0.2) is 9.78 Å². The summed E-state index contributed by atoms with van der Waals surface area (Å²) in [5.74, 6) is 0.125. The molecule has 1 rings (SSSR count). The summed E-state index contributed by atoms with van der Waals surface area (Å²) in [4.78, 5) is 15.9. The molecule has 2 unspecified atom stereocenters. The van der Waals surface area contributed by atoms with E-state index in [0.29, 0.717) is 28.9 Å². The van der Waals surface area contributed by atoms with Gasteiger partial charge in [0.25, 0.3) is 0 Å². The third-order valence-corrected chi connectivity index (χ3v) is 3.68. The molecule has 0 aromatic carbocycles. The normalized spacial score (nSPS) is 13.7. The number of nitrogens with zero attached hydrogens (tertiary/aromatic N) is 1. The largest absolute Gasteiger partial charge is 0.462 e. The number of hydrogen-bond acceptors (Lipinski definition) is 4. The summed E-state index contributed by atoms with van der Waals surface area (Å²) in [5.41, 5.74) is 1.12. The highest BCUT2D eigenvalue weighted by atomic mass is 35.5. The number of hydrogen-bond donors (Lipinski definition) is 1. The summed E-state index contributed by atoms with van der Waals surface area (Å²) in [5, 5.41) is 3.76. The highest BCUT2D eigenvalue weighted by Gasteiger charge is 2.19. The molecule has 112 valence electrons. The Kier molecular flexibility index (Phi) is 6.79. The molecule has 2 atom stereocenters. The summed E-state index contributed by atoms with van der Waals surface area (Å²) >= 11 is 5.94. The van der Waals surface area contributed by atoms with Crippen LogP contribution in [-0.2, 0) is 4.74 Å². The van der Waals surface area contributed by atoms with Gasteiger partial charge in [-0.05, 0) is 25.3 Å². The molecular weight excluding hydrogens is 276 g/mol. The molecule has 0 bridgehead atoms. The lowest BCUT2D eigenvalue weighted by Crippen LogP contribution is -2.27. The van der Waals surface area contributed by atoms with Crippen molar-refractivity contribution in [2.45, 2.75) is 46.6 Å². The van der Waals surface area contributed by atoms with Gasteiger partial charge in [0.15, 0.2) is 0 Å². The SMILES string of the molecule is CCOC(=O)c1cnc(Cl)cc1NC(CC)C(C)CC. The lowest BCUT2D eigenvalue weighted by atomic mass is 9.96. The smallest absolute Gasteiger partial charge is 0.341 e. The minimum absolute atomic E-state index is 0.284. The second-order valence-corrected chi connectivity index (χ2v) is 5.20. The number of pyridine rings is 1. The van der Waals surface area contributed by atoms with Crippen LogP contribution in [0, 0.1) is 5.92 Å². The molecule has 5 heteroatoms. The summed E-state index contributed by atoms with van der Waals surface area (Å²) in [6.07, 6.45) is 3.50. The van der Waals surface area contributed by atoms with Gasteiger partial charge in [0.2, 0.25) is 0 Å². The number of carbonyl (C=O) groups is 1. The van der Waals surface area contributed by atoms with Crippen molar-refractivity contribution < 1.29 is 9.53 Å². The lowest BCUT2D eigenvalue weighted by Gasteiger charge is -2.25. The Morgan fingerprint density at radius 3 is 2.65 bits per heavy atom. The van der Waals surface area contributed by atoms with Crippen molar-refractivity contribution in [1.82, 2.24) is 4.98 Å². The summed E-state index contributed by atoms with van der Waals surface area (Å²) in [7, 11) is 0. The maximum absolute atomic E-state index is 11.9. The predicted molar refractivity (Wildman–Crippen MR) is 82.4 cm³/mol. The van der Waals surface area contributed by atoms with Crippen LogP contribution in [0.5, 0.6) is 0 Å². The molecule has 0 radical (unpaired) electrons. The van der Waals surface area contributed by atoms with E-state index in [0.717, 1.165) is 12.8 Å². The molecule has 1 heterocycles. The highest BCUT2D eigenvalue weighted by molar-refractivity contribution is 6.29. The number of aromatic nitrogens is 1. The molecule has 1 N–H and O–H groups in total. The van der Waals surface area contributed by atoms with Gasteiger partial charge in [-0.2, -0.15) is 0 Å². The topological polar surface area (TPSA) is 51.2 Å². The fourth-order valence-corrected chi connectivity index (χ4v) is 2.21. The van der Waals surface area contributed by atoms with E-state index < -0.39 is 0 Å². The Bertz CT molecular complexity index is 451. The van der Waals surface area contributed by atoms with Crippen LogP contribution < -0.4 is 5.32 Å². The van der Waals surface area contributed by atoms with Crippen LogP contribution in [-0.4, -0.2) is 23.6 Å². The molecule has 0 aliphatic rings. The third-order valence-electron chi connectivity index (χ3n) is 3.48. The van der Waals surface area contributed by atoms with E-state index >= 15 is 0 Å². The van der Waals surface area contributed by atoms with Crippen molar-refractivity contribution >= 4 is 23.3 Å². The number of esters is 1. The van der Waals surface area contributed by atoms with Gasteiger partial charge in [-0.15, -0.1) is 0 Å². The van der Waals surface area contributed by atoms with Crippen LogP contribution in [0.1, 0.15) is 50.9 Å². The maximum Gasteiger partial charge on any atom is 0.341 e. The Labute approximate surface area is 125 Å². The quantitative estimate of drug-likeness (QED) is 0.607. The molecular formula is C15H23ClN2O2. The lowest BCUT2D eigenvalue weighted by molar-refractivity contribution is 0.0527. The molecule has 0 aliphatic heterocycles.